The average Bonchev–Trinajstić information content (AvgIpc) is 3.43. The highest BCUT2D eigenvalue weighted by Crippen LogP contribution is 2.67. The lowest BCUT2D eigenvalue weighted by Gasteiger charge is -2.59. The Labute approximate surface area is 213 Å². The van der Waals surface area contributed by atoms with Gasteiger partial charge in [0.15, 0.2) is 12.4 Å². The maximum absolute atomic E-state index is 12.5. The van der Waals surface area contributed by atoms with Gasteiger partial charge in [0.05, 0.1) is 5.71 Å². The average molecular weight is 501 g/mol. The fourth-order valence-corrected chi connectivity index (χ4v) is 8.81. The molecule has 198 valence electrons. The van der Waals surface area contributed by atoms with E-state index in [2.05, 4.69) is 25.1 Å². The van der Waals surface area contributed by atoms with E-state index in [9.17, 15) is 24.6 Å². The molecule has 0 aromatic heterocycles. The summed E-state index contributed by atoms with van der Waals surface area (Å²) in [6, 6.07) is -0.759. The summed E-state index contributed by atoms with van der Waals surface area (Å²) >= 11 is 0. The Balaban J connectivity index is 1.26. The molecule has 5 aliphatic rings. The van der Waals surface area contributed by atoms with Crippen molar-refractivity contribution in [3.05, 3.63) is 11.6 Å². The van der Waals surface area contributed by atoms with E-state index >= 15 is 0 Å². The van der Waals surface area contributed by atoms with Gasteiger partial charge in [0, 0.05) is 12.0 Å². The van der Waals surface area contributed by atoms with Crippen LogP contribution < -0.4 is 0 Å². The van der Waals surface area contributed by atoms with E-state index in [1.807, 2.05) is 0 Å². The summed E-state index contributed by atoms with van der Waals surface area (Å²) in [7, 11) is 0. The van der Waals surface area contributed by atoms with Crippen molar-refractivity contribution in [1.82, 2.24) is 4.90 Å². The van der Waals surface area contributed by atoms with E-state index in [4.69, 9.17) is 4.84 Å². The maximum atomic E-state index is 12.5. The summed E-state index contributed by atoms with van der Waals surface area (Å²) < 4.78 is 0. The van der Waals surface area contributed by atoms with Crippen molar-refractivity contribution in [3.8, 4) is 0 Å². The number of nitrogens with zero attached hydrogens (tertiary/aromatic N) is 2. The van der Waals surface area contributed by atoms with Gasteiger partial charge in [-0.3, -0.25) is 9.59 Å². The number of oxime groups is 1. The van der Waals surface area contributed by atoms with Gasteiger partial charge < -0.3 is 20.0 Å². The Kier molecular flexibility index (Phi) is 6.33. The maximum Gasteiger partial charge on any atom is 0.326 e. The van der Waals surface area contributed by atoms with E-state index in [1.165, 1.54) is 10.5 Å². The molecule has 5 rings (SSSR count). The lowest BCUT2D eigenvalue weighted by atomic mass is 9.46. The lowest BCUT2D eigenvalue weighted by Crippen LogP contribution is -2.57. The monoisotopic (exact) mass is 500 g/mol. The van der Waals surface area contributed by atoms with Crippen LogP contribution in [0.5, 0.6) is 0 Å². The molecule has 8 heteroatoms. The van der Waals surface area contributed by atoms with Gasteiger partial charge in [-0.25, -0.2) is 4.79 Å². The number of likely N-dealkylation sites (tertiary alicyclic amines) is 1. The second-order valence-corrected chi connectivity index (χ2v) is 12.4. The van der Waals surface area contributed by atoms with Crippen LogP contribution in [0, 0.1) is 28.6 Å². The SMILES string of the molecule is CC(=O)[C@@]1(O)CC[C@H]2[C@@H]3CCC4=CC(=NOCC(=O)N5CCC[C@@H]5C(=O)O)CC[C@]4(C)[C@H]3CC[C@@]21C. The molecule has 1 amide bonds. The molecule has 7 atom stereocenters. The largest absolute Gasteiger partial charge is 0.480 e. The summed E-state index contributed by atoms with van der Waals surface area (Å²) in [4.78, 5) is 43.0. The number of aliphatic hydroxyl groups is 1. The minimum Gasteiger partial charge on any atom is -0.480 e. The predicted octanol–water partition coefficient (Wildman–Crippen LogP) is 3.72. The first kappa shape index (κ1) is 25.4. The number of aliphatic carboxylic acids is 1. The molecule has 1 aliphatic heterocycles. The van der Waals surface area contributed by atoms with Crippen molar-refractivity contribution in [2.75, 3.05) is 13.2 Å². The van der Waals surface area contributed by atoms with Crippen molar-refractivity contribution in [3.63, 3.8) is 0 Å². The van der Waals surface area contributed by atoms with Crippen LogP contribution in [0.3, 0.4) is 0 Å². The number of carbonyl (C=O) groups excluding carboxylic acids is 2. The molecule has 0 unspecified atom stereocenters. The zero-order chi connectivity index (χ0) is 25.9. The van der Waals surface area contributed by atoms with E-state index in [0.717, 1.165) is 50.7 Å². The zero-order valence-electron chi connectivity index (χ0n) is 21.8. The molecule has 8 nitrogen and oxygen atoms in total. The van der Waals surface area contributed by atoms with E-state index in [-0.39, 0.29) is 29.1 Å². The number of carboxylic acids is 1. The first-order valence-electron chi connectivity index (χ1n) is 13.7. The number of ketones is 1. The van der Waals surface area contributed by atoms with Gasteiger partial charge in [0.1, 0.15) is 11.6 Å². The number of hydrogen-bond donors (Lipinski definition) is 2. The summed E-state index contributed by atoms with van der Waals surface area (Å²) in [6.07, 6.45) is 10.6. The second kappa shape index (κ2) is 8.96. The Morgan fingerprint density at radius 3 is 2.56 bits per heavy atom. The molecule has 0 bridgehead atoms. The minimum atomic E-state index is -1.18. The third-order valence-electron chi connectivity index (χ3n) is 10.9. The van der Waals surface area contributed by atoms with Crippen molar-refractivity contribution in [2.45, 2.75) is 96.6 Å². The fraction of sp³-hybridized carbons (Fsp3) is 0.786. The number of hydrogen-bond acceptors (Lipinski definition) is 6. The zero-order valence-corrected chi connectivity index (χ0v) is 21.8. The molecule has 1 heterocycles. The predicted molar refractivity (Wildman–Crippen MR) is 133 cm³/mol. The quantitative estimate of drug-likeness (QED) is 0.556. The standard InChI is InChI=1S/C28H40N2O6/c1-17(31)28(35)13-10-22-20-7-6-18-15-19(8-11-26(18,2)21(20)9-12-27(22,28)3)29-36-16-24(32)30-14-4-5-23(30)25(33)34/h15,20-23,35H,4-14,16H2,1-3H3,(H,33,34)/t20-,21+,22+,23-,26+,27+,28+/m1/s1. The number of carbonyl (C=O) groups is 3. The number of allylic oxidation sites excluding steroid dienone is 2. The van der Waals surface area contributed by atoms with E-state index in [0.29, 0.717) is 43.6 Å². The summed E-state index contributed by atoms with van der Waals surface area (Å²) in [5.41, 5.74) is 0.824. The molecule has 3 saturated carbocycles. The summed E-state index contributed by atoms with van der Waals surface area (Å²) in [6.45, 7) is 6.30. The van der Waals surface area contributed by atoms with E-state index in [1.54, 1.807) is 6.92 Å². The van der Waals surface area contributed by atoms with Gasteiger partial charge in [-0.2, -0.15) is 0 Å². The molecule has 1 saturated heterocycles. The molecular formula is C28H40N2O6. The molecule has 4 aliphatic carbocycles. The number of Topliss-reactive ketones (excluding diaryl/α,β-unsaturated/α-hetero) is 1. The third kappa shape index (κ3) is 3.74. The third-order valence-corrected chi connectivity index (χ3v) is 10.9. The highest BCUT2D eigenvalue weighted by molar-refractivity contribution is 5.96. The van der Waals surface area contributed by atoms with Crippen molar-refractivity contribution < 1.29 is 29.4 Å². The van der Waals surface area contributed by atoms with Gasteiger partial charge in [-0.1, -0.05) is 24.6 Å². The van der Waals surface area contributed by atoms with Gasteiger partial charge in [0.25, 0.3) is 5.91 Å². The van der Waals surface area contributed by atoms with Crippen LogP contribution in [0.2, 0.25) is 0 Å². The molecule has 0 aromatic rings. The topological polar surface area (TPSA) is 117 Å². The molecule has 36 heavy (non-hydrogen) atoms. The van der Waals surface area contributed by atoms with Crippen LogP contribution in [-0.4, -0.2) is 63.3 Å². The number of fused-ring (bicyclic) bond motifs is 5. The molecule has 0 radical (unpaired) electrons. The van der Waals surface area contributed by atoms with Crippen LogP contribution >= 0.6 is 0 Å². The molecule has 2 N–H and O–H groups in total. The Bertz CT molecular complexity index is 1020. The molecule has 4 fully saturated rings. The first-order chi connectivity index (χ1) is 17.0. The Morgan fingerprint density at radius 2 is 1.83 bits per heavy atom. The van der Waals surface area contributed by atoms with Gasteiger partial charge in [-0.15, -0.1) is 0 Å². The minimum absolute atomic E-state index is 0.0752. The van der Waals surface area contributed by atoms with Crippen molar-refractivity contribution in [2.24, 2.45) is 33.7 Å². The number of carboxylic acid groups (broad SMARTS) is 1. The van der Waals surface area contributed by atoms with Gasteiger partial charge in [-0.05, 0) is 100 Å². The van der Waals surface area contributed by atoms with Crippen LogP contribution in [0.15, 0.2) is 16.8 Å². The first-order valence-corrected chi connectivity index (χ1v) is 13.7. The van der Waals surface area contributed by atoms with Crippen LogP contribution in [0.4, 0.5) is 0 Å². The van der Waals surface area contributed by atoms with Crippen molar-refractivity contribution in [1.29, 1.82) is 0 Å². The fourth-order valence-electron chi connectivity index (χ4n) is 8.81. The molecular weight excluding hydrogens is 460 g/mol. The van der Waals surface area contributed by atoms with Crippen molar-refractivity contribution >= 4 is 23.4 Å². The van der Waals surface area contributed by atoms with E-state index < -0.39 is 17.6 Å². The summed E-state index contributed by atoms with van der Waals surface area (Å²) in [5.74, 6) is 0.0734. The smallest absolute Gasteiger partial charge is 0.326 e. The normalized spacial score (nSPS) is 42.8. The Morgan fingerprint density at radius 1 is 1.08 bits per heavy atom. The highest BCUT2D eigenvalue weighted by atomic mass is 16.6. The molecule has 0 spiro atoms. The van der Waals surface area contributed by atoms with Crippen LogP contribution in [0.1, 0.15) is 85.0 Å². The summed E-state index contributed by atoms with van der Waals surface area (Å²) in [5, 5.41) is 24.9. The Hall–Kier alpha value is -2.22. The van der Waals surface area contributed by atoms with Crippen LogP contribution in [-0.2, 0) is 19.2 Å². The van der Waals surface area contributed by atoms with Crippen LogP contribution in [0.25, 0.3) is 0 Å². The highest BCUT2D eigenvalue weighted by Gasteiger charge is 2.65. The number of amides is 1. The number of rotatable bonds is 5. The van der Waals surface area contributed by atoms with Gasteiger partial charge >= 0.3 is 5.97 Å². The second-order valence-electron chi connectivity index (χ2n) is 12.4. The molecule has 0 aromatic carbocycles. The van der Waals surface area contributed by atoms with Gasteiger partial charge in [0.2, 0.25) is 0 Å². The lowest BCUT2D eigenvalue weighted by molar-refractivity contribution is -0.159.